The van der Waals surface area contributed by atoms with Crippen molar-refractivity contribution in [3.63, 3.8) is 0 Å². The molecule has 0 spiro atoms. The minimum absolute atomic E-state index is 0.168. The van der Waals surface area contributed by atoms with Crippen molar-refractivity contribution in [1.29, 1.82) is 0 Å². The van der Waals surface area contributed by atoms with Gasteiger partial charge in [-0.05, 0) is 30.5 Å². The van der Waals surface area contributed by atoms with Crippen LogP contribution in [0.1, 0.15) is 16.7 Å². The second-order valence-electron chi connectivity index (χ2n) is 6.58. The van der Waals surface area contributed by atoms with Crippen molar-refractivity contribution in [2.24, 2.45) is 0 Å². The maximum atomic E-state index is 12.8. The zero-order chi connectivity index (χ0) is 17.6. The fourth-order valence-corrected chi connectivity index (χ4v) is 3.40. The van der Waals surface area contributed by atoms with E-state index in [4.69, 9.17) is 4.74 Å². The van der Waals surface area contributed by atoms with Crippen LogP contribution in [0, 0.1) is 13.8 Å². The highest BCUT2D eigenvalue weighted by Gasteiger charge is 2.21. The van der Waals surface area contributed by atoms with E-state index < -0.39 is 0 Å². The molecular weight excluding hydrogens is 312 g/mol. The van der Waals surface area contributed by atoms with Gasteiger partial charge in [-0.2, -0.15) is 0 Å². The molecule has 0 unspecified atom stereocenters. The molecule has 132 valence electrons. The Hall–Kier alpha value is -2.33. The van der Waals surface area contributed by atoms with Gasteiger partial charge in [-0.15, -0.1) is 0 Å². The lowest BCUT2D eigenvalue weighted by atomic mass is 10.1. The van der Waals surface area contributed by atoms with Crippen LogP contribution < -0.4 is 4.90 Å². The second-order valence-corrected chi connectivity index (χ2v) is 6.58. The number of amides is 1. The van der Waals surface area contributed by atoms with Gasteiger partial charge in [0.2, 0.25) is 5.91 Å². The monoisotopic (exact) mass is 338 g/mol. The molecular formula is C21H26N2O2. The summed E-state index contributed by atoms with van der Waals surface area (Å²) >= 11 is 0. The van der Waals surface area contributed by atoms with Gasteiger partial charge in [0.25, 0.3) is 0 Å². The van der Waals surface area contributed by atoms with Crippen molar-refractivity contribution in [2.45, 2.75) is 20.4 Å². The molecule has 0 aliphatic carbocycles. The third-order valence-electron chi connectivity index (χ3n) is 4.66. The van der Waals surface area contributed by atoms with Crippen LogP contribution in [0.2, 0.25) is 0 Å². The van der Waals surface area contributed by atoms with Crippen LogP contribution in [0.3, 0.4) is 0 Å². The number of anilines is 1. The Bertz CT molecular complexity index is 689. The number of carbonyl (C=O) groups excluding carboxylic acids is 1. The van der Waals surface area contributed by atoms with Crippen LogP contribution in [0.15, 0.2) is 48.5 Å². The summed E-state index contributed by atoms with van der Waals surface area (Å²) < 4.78 is 5.37. The number of hydrogen-bond acceptors (Lipinski definition) is 3. The van der Waals surface area contributed by atoms with E-state index in [-0.39, 0.29) is 5.91 Å². The molecule has 0 aromatic heterocycles. The van der Waals surface area contributed by atoms with Crippen molar-refractivity contribution in [2.75, 3.05) is 37.7 Å². The first-order valence-electron chi connectivity index (χ1n) is 8.86. The molecule has 3 rings (SSSR count). The molecule has 1 aliphatic heterocycles. The normalized spacial score (nSPS) is 14.4. The van der Waals surface area contributed by atoms with Crippen molar-refractivity contribution >= 4 is 11.6 Å². The smallest absolute Gasteiger partial charge is 0.242 e. The van der Waals surface area contributed by atoms with Crippen molar-refractivity contribution in [1.82, 2.24) is 4.90 Å². The lowest BCUT2D eigenvalue weighted by Gasteiger charge is -2.32. The fraction of sp³-hybridized carbons (Fsp3) is 0.381. The van der Waals surface area contributed by atoms with Gasteiger partial charge in [-0.25, -0.2) is 0 Å². The summed E-state index contributed by atoms with van der Waals surface area (Å²) in [6.07, 6.45) is 0. The predicted octanol–water partition coefficient (Wildman–Crippen LogP) is 3.17. The Morgan fingerprint density at radius 2 is 1.64 bits per heavy atom. The van der Waals surface area contributed by atoms with E-state index in [9.17, 15) is 4.79 Å². The Balaban J connectivity index is 1.84. The maximum absolute atomic E-state index is 12.8. The lowest BCUT2D eigenvalue weighted by molar-refractivity contribution is -0.133. The van der Waals surface area contributed by atoms with E-state index in [2.05, 4.69) is 49.1 Å². The molecule has 1 amide bonds. The summed E-state index contributed by atoms with van der Waals surface area (Å²) in [5.41, 5.74) is 4.77. The maximum Gasteiger partial charge on any atom is 0.242 e. The zero-order valence-electron chi connectivity index (χ0n) is 15.1. The van der Waals surface area contributed by atoms with E-state index in [1.165, 1.54) is 16.7 Å². The molecule has 0 radical (unpaired) electrons. The molecule has 4 nitrogen and oxygen atoms in total. The molecule has 2 aromatic rings. The number of nitrogens with zero attached hydrogens (tertiary/aromatic N) is 2. The van der Waals surface area contributed by atoms with Gasteiger partial charge in [-0.3, -0.25) is 4.79 Å². The molecule has 1 saturated heterocycles. The van der Waals surface area contributed by atoms with Crippen LogP contribution in [0.4, 0.5) is 5.69 Å². The number of hydrogen-bond donors (Lipinski definition) is 0. The molecule has 1 fully saturated rings. The zero-order valence-corrected chi connectivity index (χ0v) is 15.1. The van der Waals surface area contributed by atoms with Gasteiger partial charge in [0.1, 0.15) is 0 Å². The first kappa shape index (κ1) is 17.5. The van der Waals surface area contributed by atoms with Gasteiger partial charge in [-0.1, -0.05) is 48.5 Å². The van der Waals surface area contributed by atoms with Crippen LogP contribution in [0.5, 0.6) is 0 Å². The van der Waals surface area contributed by atoms with Gasteiger partial charge < -0.3 is 14.5 Å². The van der Waals surface area contributed by atoms with Gasteiger partial charge in [0, 0.05) is 25.3 Å². The van der Waals surface area contributed by atoms with E-state index >= 15 is 0 Å². The third-order valence-corrected chi connectivity index (χ3v) is 4.66. The summed E-state index contributed by atoms with van der Waals surface area (Å²) in [6.45, 7) is 7.97. The minimum atomic E-state index is 0.168. The lowest BCUT2D eigenvalue weighted by Crippen LogP contribution is -2.46. The van der Waals surface area contributed by atoms with Gasteiger partial charge in [0.05, 0.1) is 19.8 Å². The van der Waals surface area contributed by atoms with E-state index in [0.29, 0.717) is 32.8 Å². The Morgan fingerprint density at radius 1 is 1.00 bits per heavy atom. The highest BCUT2D eigenvalue weighted by atomic mass is 16.5. The SMILES string of the molecule is Cc1cccc(C)c1N(CC(=O)N1CCOCC1)Cc1ccccc1. The molecule has 1 heterocycles. The standard InChI is InChI=1S/C21H26N2O2/c1-17-7-6-8-18(2)21(17)23(15-19-9-4-3-5-10-19)16-20(24)22-11-13-25-14-12-22/h3-10H,11-16H2,1-2H3. The largest absolute Gasteiger partial charge is 0.378 e. The molecule has 0 bridgehead atoms. The van der Waals surface area contributed by atoms with Crippen molar-refractivity contribution < 1.29 is 9.53 Å². The highest BCUT2D eigenvalue weighted by Crippen LogP contribution is 2.26. The summed E-state index contributed by atoms with van der Waals surface area (Å²) in [4.78, 5) is 16.9. The number of ether oxygens (including phenoxy) is 1. The van der Waals surface area contributed by atoms with Crippen molar-refractivity contribution in [3.8, 4) is 0 Å². The molecule has 0 atom stereocenters. The van der Waals surface area contributed by atoms with Gasteiger partial charge >= 0.3 is 0 Å². The molecule has 4 heteroatoms. The molecule has 2 aromatic carbocycles. The number of benzene rings is 2. The topological polar surface area (TPSA) is 32.8 Å². The first-order chi connectivity index (χ1) is 12.1. The first-order valence-corrected chi connectivity index (χ1v) is 8.86. The Morgan fingerprint density at radius 3 is 2.28 bits per heavy atom. The van der Waals surface area contributed by atoms with E-state index in [0.717, 1.165) is 12.2 Å². The third kappa shape index (κ3) is 4.40. The second kappa shape index (κ2) is 8.17. The van der Waals surface area contributed by atoms with Crippen molar-refractivity contribution in [3.05, 3.63) is 65.2 Å². The summed E-state index contributed by atoms with van der Waals surface area (Å²) in [5, 5.41) is 0. The predicted molar refractivity (Wildman–Crippen MR) is 101 cm³/mol. The quantitative estimate of drug-likeness (QED) is 0.839. The fourth-order valence-electron chi connectivity index (χ4n) is 3.40. The van der Waals surface area contributed by atoms with Crippen LogP contribution >= 0.6 is 0 Å². The Labute approximate surface area is 150 Å². The number of aryl methyl sites for hydroxylation is 2. The summed E-state index contributed by atoms with van der Waals surface area (Å²) in [7, 11) is 0. The van der Waals surface area contributed by atoms with Gasteiger partial charge in [0.15, 0.2) is 0 Å². The molecule has 0 saturated carbocycles. The number of rotatable bonds is 5. The molecule has 25 heavy (non-hydrogen) atoms. The summed E-state index contributed by atoms with van der Waals surface area (Å²) in [5.74, 6) is 0.168. The van der Waals surface area contributed by atoms with Crippen LogP contribution in [0.25, 0.3) is 0 Å². The van der Waals surface area contributed by atoms with Crippen LogP contribution in [-0.4, -0.2) is 43.7 Å². The Kier molecular flexibility index (Phi) is 5.71. The molecule has 0 N–H and O–H groups in total. The number of para-hydroxylation sites is 1. The van der Waals surface area contributed by atoms with E-state index in [1.807, 2.05) is 23.1 Å². The number of carbonyl (C=O) groups is 1. The highest BCUT2D eigenvalue weighted by molar-refractivity contribution is 5.82. The minimum Gasteiger partial charge on any atom is -0.378 e. The summed E-state index contributed by atoms with van der Waals surface area (Å²) in [6, 6.07) is 16.6. The average Bonchev–Trinajstić information content (AvgIpc) is 2.63. The van der Waals surface area contributed by atoms with Crippen LogP contribution in [-0.2, 0) is 16.1 Å². The molecule has 1 aliphatic rings. The number of morpholine rings is 1. The average molecular weight is 338 g/mol. The van der Waals surface area contributed by atoms with E-state index in [1.54, 1.807) is 0 Å².